The smallest absolute Gasteiger partial charge is 0.186 e. The third-order valence-electron chi connectivity index (χ3n) is 0.584. The maximum absolute atomic E-state index is 10.2. The Hall–Kier alpha value is 0.280. The second kappa shape index (κ2) is 2.03. The summed E-state index contributed by atoms with van der Waals surface area (Å²) in [6.45, 7) is 2.70. The maximum Gasteiger partial charge on any atom is 0.186 e. The van der Waals surface area contributed by atoms with Gasteiger partial charge in [-0.2, -0.15) is 0 Å². The first-order valence-electron chi connectivity index (χ1n) is 1.76. The van der Waals surface area contributed by atoms with Crippen LogP contribution < -0.4 is 0 Å². The molecule has 0 aliphatic carbocycles. The Labute approximate surface area is 47.6 Å². The number of carbonyl (C=O) groups excluding carboxylic acids is 1. The van der Waals surface area contributed by atoms with E-state index in [2.05, 4.69) is 11.8 Å². The van der Waals surface area contributed by atoms with Crippen molar-refractivity contribution in [1.82, 2.24) is 0 Å². The highest BCUT2D eigenvalue weighted by Crippen LogP contribution is 2.35. The predicted octanol–water partition coefficient (Wildman–Crippen LogP) is 0.549. The first-order chi connectivity index (χ1) is 2.94. The van der Waals surface area contributed by atoms with E-state index >= 15 is 0 Å². The lowest BCUT2D eigenvalue weighted by molar-refractivity contribution is -0.110. The Balaban J connectivity index is 4.09. The van der Waals surface area contributed by atoms with E-state index in [1.54, 1.807) is 0 Å². The zero-order chi connectivity index (χ0) is 6.08. The third kappa shape index (κ3) is 2.92. The van der Waals surface area contributed by atoms with Gasteiger partial charge in [0.05, 0.1) is 0 Å². The van der Waals surface area contributed by atoms with E-state index in [1.165, 1.54) is 13.6 Å². The maximum atomic E-state index is 10.2. The van der Waals surface area contributed by atoms with E-state index < -0.39 is 6.26 Å². The topological polar surface area (TPSA) is 37.3 Å². The minimum absolute atomic E-state index is 0.275. The molecule has 1 atom stereocenters. The highest BCUT2D eigenvalue weighted by Gasteiger charge is 2.08. The Morgan fingerprint density at radius 2 is 2.00 bits per heavy atom. The first-order valence-corrected chi connectivity index (χ1v) is 4.96. The molecule has 4 heteroatoms. The highest BCUT2D eigenvalue weighted by molar-refractivity contribution is 8.19. The van der Waals surface area contributed by atoms with Crippen LogP contribution in [0.25, 0.3) is 0 Å². The summed E-state index contributed by atoms with van der Waals surface area (Å²) >= 11 is 4.43. The summed E-state index contributed by atoms with van der Waals surface area (Å²) in [7, 11) is 0. The molecule has 0 spiro atoms. The number of hydrogen-bond donors (Lipinski definition) is 1. The van der Waals surface area contributed by atoms with Crippen LogP contribution in [0.3, 0.4) is 0 Å². The summed E-state index contributed by atoms with van der Waals surface area (Å²) < 4.78 is 0. The van der Waals surface area contributed by atoms with Crippen molar-refractivity contribution in [1.29, 1.82) is 0 Å². The summed E-state index contributed by atoms with van der Waals surface area (Å²) in [6, 6.07) is 0. The van der Waals surface area contributed by atoms with Crippen molar-refractivity contribution in [2.45, 2.75) is 6.92 Å². The van der Waals surface area contributed by atoms with Gasteiger partial charge in [-0.3, -0.25) is 4.79 Å². The molecule has 42 valence electrons. The van der Waals surface area contributed by atoms with Gasteiger partial charge in [0.1, 0.15) is 6.26 Å². The zero-order valence-electron chi connectivity index (χ0n) is 4.21. The zero-order valence-corrected chi connectivity index (χ0v) is 5.92. The van der Waals surface area contributed by atoms with Crippen LogP contribution in [0.2, 0.25) is 0 Å². The molecule has 2 nitrogen and oxygen atoms in total. The molecule has 0 aromatic heterocycles. The summed E-state index contributed by atoms with van der Waals surface area (Å²) in [5, 5.41) is 0. The number of hydrogen-bond acceptors (Lipinski definition) is 2. The van der Waals surface area contributed by atoms with Gasteiger partial charge in [-0.05, 0) is 6.66 Å². The quantitative estimate of drug-likeness (QED) is 0.537. The van der Waals surface area contributed by atoms with E-state index in [0.29, 0.717) is 0 Å². The Morgan fingerprint density at radius 3 is 2.00 bits per heavy atom. The van der Waals surface area contributed by atoms with Crippen LogP contribution in [0.5, 0.6) is 0 Å². The summed E-state index contributed by atoms with van der Waals surface area (Å²) in [6.07, 6.45) is -2.54. The fraction of sp³-hybridized carbons (Fsp3) is 0.667. The molecule has 0 aliphatic rings. The van der Waals surface area contributed by atoms with Crippen LogP contribution in [-0.4, -0.2) is 17.1 Å². The van der Waals surface area contributed by atoms with Gasteiger partial charge in [-0.25, -0.2) is 0 Å². The van der Waals surface area contributed by atoms with Gasteiger partial charge in [0.25, 0.3) is 0 Å². The molecule has 7 heavy (non-hydrogen) atoms. The van der Waals surface area contributed by atoms with Crippen molar-refractivity contribution in [3.05, 3.63) is 0 Å². The lowest BCUT2D eigenvalue weighted by Gasteiger charge is -1.98. The van der Waals surface area contributed by atoms with Gasteiger partial charge in [0.2, 0.25) is 0 Å². The largest absolute Gasteiger partial charge is 0.359 e. The summed E-state index contributed by atoms with van der Waals surface area (Å²) in [5.41, 5.74) is -0.275. The molecular weight excluding hydrogens is 131 g/mol. The predicted molar refractivity (Wildman–Crippen MR) is 33.1 cm³/mol. The molecule has 1 unspecified atom stereocenters. The van der Waals surface area contributed by atoms with Crippen LogP contribution in [0.15, 0.2) is 0 Å². The molecule has 0 saturated carbocycles. The number of carbonyl (C=O) groups is 1. The van der Waals surface area contributed by atoms with Crippen molar-refractivity contribution in [2.75, 3.05) is 6.66 Å². The molecule has 1 N–H and O–H groups in total. The van der Waals surface area contributed by atoms with Crippen LogP contribution in [0.1, 0.15) is 6.92 Å². The fourth-order valence-corrected chi connectivity index (χ4v) is 0. The van der Waals surface area contributed by atoms with Crippen LogP contribution >= 0.6 is 6.26 Å². The minimum Gasteiger partial charge on any atom is -0.359 e. The van der Waals surface area contributed by atoms with Crippen molar-refractivity contribution in [3.63, 3.8) is 0 Å². The lowest BCUT2D eigenvalue weighted by Crippen LogP contribution is -1.87. The van der Waals surface area contributed by atoms with Crippen LogP contribution in [-0.2, 0) is 16.6 Å². The average molecular weight is 138 g/mol. The fourth-order valence-electron chi connectivity index (χ4n) is 0. The Morgan fingerprint density at radius 1 is 1.86 bits per heavy atom. The average Bonchev–Trinajstić information content (AvgIpc) is 1.31. The van der Waals surface area contributed by atoms with Gasteiger partial charge in [0, 0.05) is 6.92 Å². The molecule has 0 aromatic carbocycles. The number of rotatable bonds is 1. The van der Waals surface area contributed by atoms with Crippen molar-refractivity contribution in [2.24, 2.45) is 0 Å². The van der Waals surface area contributed by atoms with E-state index in [-0.39, 0.29) is 5.52 Å². The molecule has 0 heterocycles. The molecule has 0 rings (SSSR count). The molecule has 0 aliphatic heterocycles. The van der Waals surface area contributed by atoms with E-state index in [9.17, 15) is 4.79 Å². The summed E-state index contributed by atoms with van der Waals surface area (Å²) in [5.74, 6) is 0. The molecular formula is C3H7O2PS. The Bertz CT molecular complexity index is 125. The van der Waals surface area contributed by atoms with Crippen molar-refractivity contribution < 1.29 is 9.69 Å². The van der Waals surface area contributed by atoms with Gasteiger partial charge in [0.15, 0.2) is 5.52 Å². The highest BCUT2D eigenvalue weighted by atomic mass is 32.4. The summed E-state index contributed by atoms with van der Waals surface area (Å²) in [4.78, 5) is 18.8. The third-order valence-corrected chi connectivity index (χ3v) is 2.52. The molecule has 0 aromatic rings. The second-order valence-corrected chi connectivity index (χ2v) is 5.92. The van der Waals surface area contributed by atoms with Crippen LogP contribution in [0.4, 0.5) is 0 Å². The molecule has 0 radical (unpaired) electrons. The normalized spacial score (nSPS) is 18.1. The Kier molecular flexibility index (Phi) is 2.11. The molecule has 0 saturated heterocycles. The first kappa shape index (κ1) is 7.28. The van der Waals surface area contributed by atoms with Crippen molar-refractivity contribution in [3.8, 4) is 0 Å². The van der Waals surface area contributed by atoms with Gasteiger partial charge in [-0.15, -0.1) is 0 Å². The minimum atomic E-state index is -2.54. The van der Waals surface area contributed by atoms with E-state index in [0.717, 1.165) is 0 Å². The van der Waals surface area contributed by atoms with Gasteiger partial charge >= 0.3 is 0 Å². The van der Waals surface area contributed by atoms with E-state index in [1.807, 2.05) is 0 Å². The van der Waals surface area contributed by atoms with Gasteiger partial charge in [-0.1, -0.05) is 11.8 Å². The molecule has 0 bridgehead atoms. The van der Waals surface area contributed by atoms with Crippen molar-refractivity contribution >= 4 is 23.6 Å². The van der Waals surface area contributed by atoms with Gasteiger partial charge < -0.3 is 4.89 Å². The standard InChI is InChI=1S/C3H7O2PS/c1-3(4)6(2,5)7/h1-2H3,(H,5,7). The lowest BCUT2D eigenvalue weighted by atomic mass is 10.9. The molecule has 0 amide bonds. The second-order valence-electron chi connectivity index (χ2n) is 1.40. The SMILES string of the molecule is CC(=O)P(C)(O)=S. The van der Waals surface area contributed by atoms with E-state index in [4.69, 9.17) is 4.89 Å². The molecule has 0 fully saturated rings. The van der Waals surface area contributed by atoms with Crippen LogP contribution in [0, 0.1) is 0 Å². The monoisotopic (exact) mass is 138 g/mol.